The molecule has 2 aromatic rings. The summed E-state index contributed by atoms with van der Waals surface area (Å²) in [7, 11) is -3.96. The van der Waals surface area contributed by atoms with E-state index in [9.17, 15) is 18.5 Å². The van der Waals surface area contributed by atoms with Gasteiger partial charge in [-0.2, -0.15) is 9.40 Å². The molecule has 10 heteroatoms. The van der Waals surface area contributed by atoms with E-state index in [2.05, 4.69) is 5.10 Å². The largest absolute Gasteiger partial charge is 0.382 e. The summed E-state index contributed by atoms with van der Waals surface area (Å²) in [5, 5.41) is 15.1. The SMILES string of the molecule is Nc1cc2n(n1)CCN(S(=O)(=O)c1ccccc1[N+](=O)[O-])C2. The molecule has 0 spiro atoms. The molecule has 22 heavy (non-hydrogen) atoms. The Morgan fingerprint density at radius 3 is 2.73 bits per heavy atom. The Hall–Kier alpha value is -2.46. The summed E-state index contributed by atoms with van der Waals surface area (Å²) in [5.74, 6) is 0.319. The lowest BCUT2D eigenvalue weighted by molar-refractivity contribution is -0.387. The topological polar surface area (TPSA) is 124 Å². The zero-order valence-corrected chi connectivity index (χ0v) is 12.2. The van der Waals surface area contributed by atoms with Crippen LogP contribution < -0.4 is 5.73 Å². The second kappa shape index (κ2) is 5.07. The number of hydrogen-bond donors (Lipinski definition) is 1. The Morgan fingerprint density at radius 2 is 2.00 bits per heavy atom. The van der Waals surface area contributed by atoms with E-state index in [1.807, 2.05) is 0 Å². The maximum Gasteiger partial charge on any atom is 0.289 e. The first-order valence-electron chi connectivity index (χ1n) is 6.45. The molecule has 1 aromatic carbocycles. The molecule has 9 nitrogen and oxygen atoms in total. The van der Waals surface area contributed by atoms with E-state index >= 15 is 0 Å². The molecule has 0 saturated carbocycles. The summed E-state index contributed by atoms with van der Waals surface area (Å²) >= 11 is 0. The van der Waals surface area contributed by atoms with Gasteiger partial charge in [-0.15, -0.1) is 0 Å². The Balaban J connectivity index is 2.00. The van der Waals surface area contributed by atoms with Crippen molar-refractivity contribution in [2.75, 3.05) is 12.3 Å². The quantitative estimate of drug-likeness (QED) is 0.650. The fourth-order valence-electron chi connectivity index (χ4n) is 2.43. The fraction of sp³-hybridized carbons (Fsp3) is 0.250. The molecular weight excluding hydrogens is 310 g/mol. The minimum Gasteiger partial charge on any atom is -0.382 e. The number of benzene rings is 1. The molecule has 3 rings (SSSR count). The van der Waals surface area contributed by atoms with Crippen molar-refractivity contribution >= 4 is 21.5 Å². The Morgan fingerprint density at radius 1 is 1.27 bits per heavy atom. The van der Waals surface area contributed by atoms with Crippen molar-refractivity contribution in [2.45, 2.75) is 18.0 Å². The minimum absolute atomic E-state index is 0.0819. The molecule has 0 radical (unpaired) electrons. The molecule has 1 aromatic heterocycles. The molecule has 2 N–H and O–H groups in total. The average molecular weight is 323 g/mol. The van der Waals surface area contributed by atoms with Gasteiger partial charge in [0.05, 0.1) is 23.7 Å². The fourth-order valence-corrected chi connectivity index (χ4v) is 3.99. The second-order valence-electron chi connectivity index (χ2n) is 4.85. The first-order chi connectivity index (χ1) is 10.4. The van der Waals surface area contributed by atoms with Crippen LogP contribution in [0.15, 0.2) is 35.2 Å². The van der Waals surface area contributed by atoms with E-state index in [0.29, 0.717) is 18.1 Å². The standard InChI is InChI=1S/C12H13N5O4S/c13-12-7-9-8-15(5-6-16(9)14-12)22(20,21)11-4-2-1-3-10(11)17(18)19/h1-4,7H,5-6,8H2,(H2,13,14). The average Bonchev–Trinajstić information content (AvgIpc) is 2.86. The maximum absolute atomic E-state index is 12.7. The zero-order chi connectivity index (χ0) is 15.9. The Labute approximate surface area is 126 Å². The van der Waals surface area contributed by atoms with E-state index < -0.39 is 20.6 Å². The van der Waals surface area contributed by atoms with Gasteiger partial charge in [-0.3, -0.25) is 14.8 Å². The number of rotatable bonds is 3. The zero-order valence-electron chi connectivity index (χ0n) is 11.4. The number of sulfonamides is 1. The summed E-state index contributed by atoms with van der Waals surface area (Å²) in [5.41, 5.74) is 5.83. The number of para-hydroxylation sites is 1. The molecule has 1 aliphatic rings. The van der Waals surface area contributed by atoms with Gasteiger partial charge >= 0.3 is 0 Å². The lowest BCUT2D eigenvalue weighted by Gasteiger charge is -2.26. The van der Waals surface area contributed by atoms with E-state index in [4.69, 9.17) is 5.73 Å². The van der Waals surface area contributed by atoms with Gasteiger partial charge in [-0.25, -0.2) is 8.42 Å². The molecule has 0 aliphatic carbocycles. The third kappa shape index (κ3) is 2.31. The van der Waals surface area contributed by atoms with Crippen molar-refractivity contribution in [3.63, 3.8) is 0 Å². The van der Waals surface area contributed by atoms with E-state index in [0.717, 1.165) is 0 Å². The summed E-state index contributed by atoms with van der Waals surface area (Å²) in [6.45, 7) is 0.619. The summed E-state index contributed by atoms with van der Waals surface area (Å²) in [6, 6.07) is 6.92. The van der Waals surface area contributed by atoms with Gasteiger partial charge in [0.25, 0.3) is 5.69 Å². The highest BCUT2D eigenvalue weighted by Crippen LogP contribution is 2.28. The number of nitro groups is 1. The minimum atomic E-state index is -3.96. The highest BCUT2D eigenvalue weighted by molar-refractivity contribution is 7.89. The molecule has 0 saturated heterocycles. The molecule has 116 valence electrons. The highest BCUT2D eigenvalue weighted by atomic mass is 32.2. The Bertz CT molecular complexity index is 845. The van der Waals surface area contributed by atoms with Crippen LogP contribution in [0, 0.1) is 10.1 Å². The number of fused-ring (bicyclic) bond motifs is 1. The number of anilines is 1. The molecule has 0 bridgehead atoms. The van der Waals surface area contributed by atoms with Crippen LogP contribution in [0.4, 0.5) is 11.5 Å². The molecule has 0 atom stereocenters. The van der Waals surface area contributed by atoms with Crippen molar-refractivity contribution in [3.05, 3.63) is 46.1 Å². The Kier molecular flexibility index (Phi) is 3.34. The van der Waals surface area contributed by atoms with Crippen molar-refractivity contribution in [2.24, 2.45) is 0 Å². The first-order valence-corrected chi connectivity index (χ1v) is 7.89. The van der Waals surface area contributed by atoms with Gasteiger partial charge in [0.15, 0.2) is 4.90 Å². The smallest absolute Gasteiger partial charge is 0.289 e. The molecule has 0 unspecified atom stereocenters. The predicted octanol–water partition coefficient (Wildman–Crippen LogP) is 0.578. The summed E-state index contributed by atoms with van der Waals surface area (Å²) in [4.78, 5) is 10.0. The van der Waals surface area contributed by atoms with Crippen molar-refractivity contribution in [1.82, 2.24) is 14.1 Å². The second-order valence-corrected chi connectivity index (χ2v) is 6.75. The molecule has 0 amide bonds. The molecular formula is C12H13N5O4S. The summed E-state index contributed by atoms with van der Waals surface area (Å²) < 4.78 is 28.2. The van der Waals surface area contributed by atoms with Crippen LogP contribution in [0.3, 0.4) is 0 Å². The molecule has 2 heterocycles. The van der Waals surface area contributed by atoms with Crippen LogP contribution in [0.1, 0.15) is 5.69 Å². The van der Waals surface area contributed by atoms with Crippen LogP contribution >= 0.6 is 0 Å². The number of nitro benzene ring substituents is 1. The van der Waals surface area contributed by atoms with Crippen molar-refractivity contribution < 1.29 is 13.3 Å². The third-order valence-corrected chi connectivity index (χ3v) is 5.35. The highest BCUT2D eigenvalue weighted by Gasteiger charge is 2.33. The lowest BCUT2D eigenvalue weighted by Crippen LogP contribution is -2.38. The van der Waals surface area contributed by atoms with Gasteiger partial charge in [0.1, 0.15) is 5.82 Å². The monoisotopic (exact) mass is 323 g/mol. The summed E-state index contributed by atoms with van der Waals surface area (Å²) in [6.07, 6.45) is 0. The van der Waals surface area contributed by atoms with Gasteiger partial charge in [-0.05, 0) is 6.07 Å². The van der Waals surface area contributed by atoms with Gasteiger partial charge in [-0.1, -0.05) is 12.1 Å². The maximum atomic E-state index is 12.7. The van der Waals surface area contributed by atoms with Crippen molar-refractivity contribution in [1.29, 1.82) is 0 Å². The van der Waals surface area contributed by atoms with Crippen LogP contribution in [0.25, 0.3) is 0 Å². The van der Waals surface area contributed by atoms with Crippen LogP contribution in [-0.4, -0.2) is 34.0 Å². The van der Waals surface area contributed by atoms with Crippen LogP contribution in [-0.2, 0) is 23.1 Å². The normalized spacial score (nSPS) is 15.5. The van der Waals surface area contributed by atoms with E-state index in [1.165, 1.54) is 28.6 Å². The molecule has 0 fully saturated rings. The number of nitrogens with zero attached hydrogens (tertiary/aromatic N) is 4. The van der Waals surface area contributed by atoms with Crippen LogP contribution in [0.5, 0.6) is 0 Å². The van der Waals surface area contributed by atoms with Gasteiger partial charge in [0, 0.05) is 18.7 Å². The van der Waals surface area contributed by atoms with Crippen molar-refractivity contribution in [3.8, 4) is 0 Å². The number of aromatic nitrogens is 2. The lowest BCUT2D eigenvalue weighted by atomic mass is 10.3. The molecule has 1 aliphatic heterocycles. The predicted molar refractivity (Wildman–Crippen MR) is 77.3 cm³/mol. The van der Waals surface area contributed by atoms with Gasteiger partial charge in [0.2, 0.25) is 10.0 Å². The number of nitrogen functional groups attached to an aromatic ring is 1. The van der Waals surface area contributed by atoms with Crippen LogP contribution in [0.2, 0.25) is 0 Å². The van der Waals surface area contributed by atoms with Gasteiger partial charge < -0.3 is 5.73 Å². The number of hydrogen-bond acceptors (Lipinski definition) is 6. The number of nitrogens with two attached hydrogens (primary N) is 1. The third-order valence-electron chi connectivity index (χ3n) is 3.46. The first kappa shape index (κ1) is 14.5. The van der Waals surface area contributed by atoms with E-state index in [-0.39, 0.29) is 18.0 Å². The van der Waals surface area contributed by atoms with E-state index in [1.54, 1.807) is 10.7 Å².